The van der Waals surface area contributed by atoms with Crippen molar-refractivity contribution in [3.05, 3.63) is 65.0 Å². The molecule has 0 atom stereocenters. The Morgan fingerprint density at radius 2 is 2.06 bits per heavy atom. The van der Waals surface area contributed by atoms with E-state index in [1.807, 2.05) is 31.2 Å². The molecule has 0 aliphatic rings. The molecule has 0 fully saturated rings. The molecule has 2 aromatic carbocycles. The van der Waals surface area contributed by atoms with E-state index < -0.39 is 0 Å². The molecule has 0 aliphatic carbocycles. The fraction of sp³-hybridized carbons (Fsp3) is 0.125. The third kappa shape index (κ3) is 2.89. The summed E-state index contributed by atoms with van der Waals surface area (Å²) >= 11 is 0. The molecule has 0 bridgehead atoms. The van der Waals surface area contributed by atoms with Gasteiger partial charge >= 0.3 is 0 Å². The second kappa shape index (κ2) is 5.37. The first-order chi connectivity index (χ1) is 8.69. The van der Waals surface area contributed by atoms with Gasteiger partial charge in [-0.15, -0.1) is 6.42 Å². The molecular formula is C16H14FN. The molecule has 0 amide bonds. The topological polar surface area (TPSA) is 12.0 Å². The summed E-state index contributed by atoms with van der Waals surface area (Å²) in [5.41, 5.74) is 3.82. The van der Waals surface area contributed by atoms with Crippen LogP contribution in [-0.4, -0.2) is 0 Å². The molecule has 0 unspecified atom stereocenters. The summed E-state index contributed by atoms with van der Waals surface area (Å²) in [6.07, 6.45) is 5.35. The quantitative estimate of drug-likeness (QED) is 0.805. The largest absolute Gasteiger partial charge is 0.381 e. The van der Waals surface area contributed by atoms with E-state index in [0.29, 0.717) is 6.54 Å². The molecule has 2 aromatic rings. The van der Waals surface area contributed by atoms with Gasteiger partial charge < -0.3 is 5.32 Å². The van der Waals surface area contributed by atoms with Crippen LogP contribution in [0, 0.1) is 25.1 Å². The molecule has 2 heteroatoms. The van der Waals surface area contributed by atoms with Crippen LogP contribution in [0.5, 0.6) is 0 Å². The van der Waals surface area contributed by atoms with Crippen molar-refractivity contribution in [3.63, 3.8) is 0 Å². The van der Waals surface area contributed by atoms with Crippen molar-refractivity contribution in [1.82, 2.24) is 0 Å². The lowest BCUT2D eigenvalue weighted by molar-refractivity contribution is 0.625. The number of hydrogen-bond donors (Lipinski definition) is 1. The summed E-state index contributed by atoms with van der Waals surface area (Å²) in [5.74, 6) is 2.39. The maximum absolute atomic E-state index is 13.0. The van der Waals surface area contributed by atoms with Crippen LogP contribution in [-0.2, 0) is 6.54 Å². The van der Waals surface area contributed by atoms with Gasteiger partial charge in [0.25, 0.3) is 0 Å². The van der Waals surface area contributed by atoms with Crippen molar-refractivity contribution >= 4 is 5.69 Å². The number of nitrogens with one attached hydrogen (secondary N) is 1. The van der Waals surface area contributed by atoms with Crippen LogP contribution in [0.25, 0.3) is 0 Å². The van der Waals surface area contributed by atoms with Gasteiger partial charge in [0.2, 0.25) is 0 Å². The Balaban J connectivity index is 2.09. The fourth-order valence-corrected chi connectivity index (χ4v) is 1.77. The number of aryl methyl sites for hydroxylation is 1. The van der Waals surface area contributed by atoms with Crippen LogP contribution in [0.4, 0.5) is 10.1 Å². The van der Waals surface area contributed by atoms with Gasteiger partial charge in [0.15, 0.2) is 0 Å². The molecule has 0 spiro atoms. The van der Waals surface area contributed by atoms with Gasteiger partial charge in [-0.25, -0.2) is 4.39 Å². The van der Waals surface area contributed by atoms with E-state index in [4.69, 9.17) is 6.42 Å². The van der Waals surface area contributed by atoms with E-state index in [0.717, 1.165) is 22.4 Å². The lowest BCUT2D eigenvalue weighted by Gasteiger charge is -2.09. The monoisotopic (exact) mass is 239 g/mol. The van der Waals surface area contributed by atoms with E-state index in [9.17, 15) is 4.39 Å². The summed E-state index contributed by atoms with van der Waals surface area (Å²) in [6.45, 7) is 2.55. The summed E-state index contributed by atoms with van der Waals surface area (Å²) in [5, 5.41) is 3.28. The van der Waals surface area contributed by atoms with Gasteiger partial charge in [-0.05, 0) is 48.4 Å². The minimum absolute atomic E-state index is 0.203. The molecule has 18 heavy (non-hydrogen) atoms. The van der Waals surface area contributed by atoms with Gasteiger partial charge in [-0.1, -0.05) is 18.1 Å². The number of anilines is 1. The molecule has 0 heterocycles. The van der Waals surface area contributed by atoms with Crippen molar-refractivity contribution in [1.29, 1.82) is 0 Å². The molecule has 2 rings (SSSR count). The smallest absolute Gasteiger partial charge is 0.123 e. The zero-order chi connectivity index (χ0) is 13.0. The van der Waals surface area contributed by atoms with Gasteiger partial charge in [0.1, 0.15) is 5.82 Å². The molecule has 0 radical (unpaired) electrons. The summed E-state index contributed by atoms with van der Waals surface area (Å²) in [6, 6.07) is 12.5. The van der Waals surface area contributed by atoms with Crippen LogP contribution in [0.3, 0.4) is 0 Å². The van der Waals surface area contributed by atoms with Crippen molar-refractivity contribution < 1.29 is 4.39 Å². The first kappa shape index (κ1) is 12.2. The van der Waals surface area contributed by atoms with Gasteiger partial charge in [0, 0.05) is 17.8 Å². The highest BCUT2D eigenvalue weighted by molar-refractivity contribution is 5.50. The first-order valence-corrected chi connectivity index (χ1v) is 5.74. The normalized spacial score (nSPS) is 9.83. The van der Waals surface area contributed by atoms with E-state index in [2.05, 4.69) is 11.2 Å². The number of terminal acetylenes is 1. The molecule has 0 saturated heterocycles. The Morgan fingerprint density at radius 1 is 1.22 bits per heavy atom. The third-order valence-corrected chi connectivity index (χ3v) is 2.82. The molecule has 1 N–H and O–H groups in total. The average molecular weight is 239 g/mol. The van der Waals surface area contributed by atoms with Gasteiger partial charge in [-0.2, -0.15) is 0 Å². The van der Waals surface area contributed by atoms with Crippen LogP contribution < -0.4 is 5.32 Å². The summed E-state index contributed by atoms with van der Waals surface area (Å²) in [7, 11) is 0. The number of benzene rings is 2. The van der Waals surface area contributed by atoms with Crippen LogP contribution in [0.2, 0.25) is 0 Å². The minimum Gasteiger partial charge on any atom is -0.381 e. The highest BCUT2D eigenvalue weighted by atomic mass is 19.1. The average Bonchev–Trinajstić information content (AvgIpc) is 2.38. The molecule has 90 valence electrons. The van der Waals surface area contributed by atoms with Crippen LogP contribution in [0.15, 0.2) is 42.5 Å². The van der Waals surface area contributed by atoms with Crippen molar-refractivity contribution in [3.8, 4) is 12.3 Å². The van der Waals surface area contributed by atoms with Crippen molar-refractivity contribution in [2.45, 2.75) is 13.5 Å². The fourth-order valence-electron chi connectivity index (χ4n) is 1.77. The second-order valence-electron chi connectivity index (χ2n) is 4.15. The van der Waals surface area contributed by atoms with Crippen LogP contribution >= 0.6 is 0 Å². The Hall–Kier alpha value is -2.27. The highest BCUT2D eigenvalue weighted by Crippen LogP contribution is 2.14. The van der Waals surface area contributed by atoms with E-state index in [1.54, 1.807) is 6.07 Å². The number of halogens is 1. The van der Waals surface area contributed by atoms with E-state index in [-0.39, 0.29) is 5.82 Å². The van der Waals surface area contributed by atoms with Crippen LogP contribution in [0.1, 0.15) is 16.7 Å². The zero-order valence-electron chi connectivity index (χ0n) is 10.2. The maximum atomic E-state index is 13.0. The zero-order valence-corrected chi connectivity index (χ0v) is 10.2. The van der Waals surface area contributed by atoms with Crippen molar-refractivity contribution in [2.24, 2.45) is 0 Å². The molecule has 1 nitrogen and oxygen atoms in total. The van der Waals surface area contributed by atoms with E-state index >= 15 is 0 Å². The van der Waals surface area contributed by atoms with Gasteiger partial charge in [0.05, 0.1) is 0 Å². The second-order valence-corrected chi connectivity index (χ2v) is 4.15. The third-order valence-electron chi connectivity index (χ3n) is 2.82. The summed E-state index contributed by atoms with van der Waals surface area (Å²) < 4.78 is 13.0. The van der Waals surface area contributed by atoms with Gasteiger partial charge in [-0.3, -0.25) is 0 Å². The Kier molecular flexibility index (Phi) is 3.64. The van der Waals surface area contributed by atoms with Crippen molar-refractivity contribution in [2.75, 3.05) is 5.32 Å². The molecule has 0 aliphatic heterocycles. The molecular weight excluding hydrogens is 225 g/mol. The maximum Gasteiger partial charge on any atom is 0.123 e. The SMILES string of the molecule is C#Cc1cccc(NCc2ccc(F)cc2C)c1. The Labute approximate surface area is 107 Å². The minimum atomic E-state index is -0.203. The molecule has 0 saturated carbocycles. The number of rotatable bonds is 3. The standard InChI is InChI=1S/C16H14FN/c1-3-13-5-4-6-16(10-13)18-11-14-7-8-15(17)9-12(14)2/h1,4-10,18H,11H2,2H3. The predicted octanol–water partition coefficient (Wildman–Crippen LogP) is 3.73. The lowest BCUT2D eigenvalue weighted by Crippen LogP contribution is -2.01. The lowest BCUT2D eigenvalue weighted by atomic mass is 10.1. The Bertz CT molecular complexity index is 596. The first-order valence-electron chi connectivity index (χ1n) is 5.74. The number of hydrogen-bond acceptors (Lipinski definition) is 1. The highest BCUT2D eigenvalue weighted by Gasteiger charge is 2.00. The predicted molar refractivity (Wildman–Crippen MR) is 72.8 cm³/mol. The Morgan fingerprint density at radius 3 is 2.78 bits per heavy atom. The molecule has 0 aromatic heterocycles. The van der Waals surface area contributed by atoms with E-state index in [1.165, 1.54) is 12.1 Å². The summed E-state index contributed by atoms with van der Waals surface area (Å²) in [4.78, 5) is 0.